The van der Waals surface area contributed by atoms with Crippen LogP contribution in [0.5, 0.6) is 0 Å². The van der Waals surface area contributed by atoms with Crippen LogP contribution in [-0.2, 0) is 16.0 Å². The Morgan fingerprint density at radius 1 is 1.47 bits per heavy atom. The molecule has 19 heavy (non-hydrogen) atoms. The van der Waals surface area contributed by atoms with Crippen molar-refractivity contribution in [2.45, 2.75) is 58.0 Å². The highest BCUT2D eigenvalue weighted by Crippen LogP contribution is 2.25. The molecule has 1 aromatic heterocycles. The van der Waals surface area contributed by atoms with E-state index < -0.39 is 0 Å². The first-order valence-electron chi connectivity index (χ1n) is 7.12. The lowest BCUT2D eigenvalue weighted by Gasteiger charge is -2.18. The van der Waals surface area contributed by atoms with E-state index in [1.54, 1.807) is 7.11 Å². The van der Waals surface area contributed by atoms with Crippen LogP contribution >= 0.6 is 0 Å². The lowest BCUT2D eigenvalue weighted by atomic mass is 9.86. The van der Waals surface area contributed by atoms with Crippen LogP contribution in [0, 0.1) is 5.92 Å². The fourth-order valence-corrected chi connectivity index (χ4v) is 2.58. The van der Waals surface area contributed by atoms with Gasteiger partial charge in [-0.25, -0.2) is 0 Å². The van der Waals surface area contributed by atoms with Gasteiger partial charge in [0.15, 0.2) is 0 Å². The fraction of sp³-hybridized carbons (Fsp3) is 0.786. The molecule has 106 valence electrons. The summed E-state index contributed by atoms with van der Waals surface area (Å²) in [5.41, 5.74) is 0. The number of Topliss-reactive ketones (excluding diaryl/α,β-unsaturated/α-hetero) is 1. The molecule has 0 saturated heterocycles. The van der Waals surface area contributed by atoms with Crippen LogP contribution in [0.2, 0.25) is 0 Å². The summed E-state index contributed by atoms with van der Waals surface area (Å²) in [6.07, 6.45) is 6.13. The Kier molecular flexibility index (Phi) is 5.07. The molecule has 1 saturated carbocycles. The van der Waals surface area contributed by atoms with E-state index in [1.807, 2.05) is 0 Å². The molecule has 1 aliphatic carbocycles. The van der Waals surface area contributed by atoms with E-state index in [4.69, 9.17) is 9.26 Å². The third kappa shape index (κ3) is 3.62. The van der Waals surface area contributed by atoms with E-state index in [-0.39, 0.29) is 12.0 Å². The Hall–Kier alpha value is -1.23. The lowest BCUT2D eigenvalue weighted by Crippen LogP contribution is -2.21. The van der Waals surface area contributed by atoms with E-state index in [0.29, 0.717) is 30.3 Å². The van der Waals surface area contributed by atoms with Crippen LogP contribution in [0.3, 0.4) is 0 Å². The Labute approximate surface area is 113 Å². The van der Waals surface area contributed by atoms with Crippen molar-refractivity contribution >= 4 is 5.78 Å². The Morgan fingerprint density at radius 2 is 2.32 bits per heavy atom. The van der Waals surface area contributed by atoms with Gasteiger partial charge < -0.3 is 9.26 Å². The topological polar surface area (TPSA) is 65.2 Å². The van der Waals surface area contributed by atoms with Crippen molar-refractivity contribution in [2.75, 3.05) is 7.11 Å². The molecular weight excluding hydrogens is 244 g/mol. The minimum Gasteiger partial charge on any atom is -0.373 e. The van der Waals surface area contributed by atoms with Crippen molar-refractivity contribution < 1.29 is 14.1 Å². The van der Waals surface area contributed by atoms with Gasteiger partial charge in [0, 0.05) is 25.9 Å². The molecule has 0 N–H and O–H groups in total. The molecule has 0 spiro atoms. The zero-order valence-electron chi connectivity index (χ0n) is 11.7. The number of ether oxygens (including phenoxy) is 1. The van der Waals surface area contributed by atoms with E-state index in [2.05, 4.69) is 17.1 Å². The van der Waals surface area contributed by atoms with Gasteiger partial charge in [0.25, 0.3) is 0 Å². The van der Waals surface area contributed by atoms with Gasteiger partial charge in [0.05, 0.1) is 0 Å². The third-order valence-corrected chi connectivity index (χ3v) is 3.71. The average Bonchev–Trinajstić information content (AvgIpc) is 2.87. The number of hydrogen-bond acceptors (Lipinski definition) is 5. The summed E-state index contributed by atoms with van der Waals surface area (Å²) in [7, 11) is 1.65. The number of methoxy groups -OCH3 is 1. The number of nitrogens with zero attached hydrogens (tertiary/aromatic N) is 2. The van der Waals surface area contributed by atoms with Gasteiger partial charge in [-0.2, -0.15) is 4.98 Å². The van der Waals surface area contributed by atoms with Crippen LogP contribution in [0.25, 0.3) is 0 Å². The summed E-state index contributed by atoms with van der Waals surface area (Å²) in [5.74, 6) is 1.56. The van der Waals surface area contributed by atoms with Crippen LogP contribution in [-0.4, -0.2) is 23.0 Å². The van der Waals surface area contributed by atoms with Gasteiger partial charge >= 0.3 is 0 Å². The fourth-order valence-electron chi connectivity index (χ4n) is 2.58. The van der Waals surface area contributed by atoms with Crippen molar-refractivity contribution in [1.82, 2.24) is 10.1 Å². The third-order valence-electron chi connectivity index (χ3n) is 3.71. The molecule has 0 bridgehead atoms. The first-order valence-corrected chi connectivity index (χ1v) is 7.12. The highest BCUT2D eigenvalue weighted by molar-refractivity contribution is 5.81. The highest BCUT2D eigenvalue weighted by Gasteiger charge is 2.25. The van der Waals surface area contributed by atoms with E-state index in [0.717, 1.165) is 32.1 Å². The standard InChI is InChI=1S/C14H22N2O3/c1-3-6-12(18-2)14-15-13(19-16-14)9-10-7-4-5-8-11(10)17/h10,12H,3-9H2,1-2H3. The smallest absolute Gasteiger partial charge is 0.227 e. The first kappa shape index (κ1) is 14.2. The zero-order chi connectivity index (χ0) is 13.7. The Morgan fingerprint density at radius 3 is 3.00 bits per heavy atom. The van der Waals surface area contributed by atoms with Crippen LogP contribution in [0.15, 0.2) is 4.52 Å². The summed E-state index contributed by atoms with van der Waals surface area (Å²) in [4.78, 5) is 16.2. The second kappa shape index (κ2) is 6.80. The van der Waals surface area contributed by atoms with Gasteiger partial charge in [0.1, 0.15) is 11.9 Å². The molecule has 0 aliphatic heterocycles. The molecule has 5 heteroatoms. The maximum atomic E-state index is 11.8. The summed E-state index contributed by atoms with van der Waals surface area (Å²) < 4.78 is 10.6. The second-order valence-corrected chi connectivity index (χ2v) is 5.17. The number of aromatic nitrogens is 2. The van der Waals surface area contributed by atoms with Crippen molar-refractivity contribution in [3.8, 4) is 0 Å². The van der Waals surface area contributed by atoms with Crippen molar-refractivity contribution in [1.29, 1.82) is 0 Å². The van der Waals surface area contributed by atoms with Crippen LogP contribution in [0.4, 0.5) is 0 Å². The van der Waals surface area contributed by atoms with Gasteiger partial charge in [-0.1, -0.05) is 24.9 Å². The average molecular weight is 266 g/mol. The highest BCUT2D eigenvalue weighted by atomic mass is 16.5. The molecule has 0 amide bonds. The monoisotopic (exact) mass is 266 g/mol. The summed E-state index contributed by atoms with van der Waals surface area (Å²) in [6.45, 7) is 2.09. The van der Waals surface area contributed by atoms with E-state index in [1.165, 1.54) is 0 Å². The van der Waals surface area contributed by atoms with Gasteiger partial charge in [-0.3, -0.25) is 4.79 Å². The van der Waals surface area contributed by atoms with Gasteiger partial charge in [-0.05, 0) is 19.3 Å². The molecule has 1 heterocycles. The Bertz CT molecular complexity index is 417. The molecule has 2 rings (SSSR count). The van der Waals surface area contributed by atoms with Crippen molar-refractivity contribution in [2.24, 2.45) is 5.92 Å². The zero-order valence-corrected chi connectivity index (χ0v) is 11.7. The molecule has 2 unspecified atom stereocenters. The molecular formula is C14H22N2O3. The van der Waals surface area contributed by atoms with Crippen molar-refractivity contribution in [3.05, 3.63) is 11.7 Å². The predicted molar refractivity (Wildman–Crippen MR) is 69.6 cm³/mol. The van der Waals surface area contributed by atoms with Crippen molar-refractivity contribution in [3.63, 3.8) is 0 Å². The maximum Gasteiger partial charge on any atom is 0.227 e. The first-order chi connectivity index (χ1) is 9.24. The maximum absolute atomic E-state index is 11.8. The number of carbonyl (C=O) groups is 1. The molecule has 1 fully saturated rings. The van der Waals surface area contributed by atoms with E-state index in [9.17, 15) is 4.79 Å². The molecule has 2 atom stereocenters. The molecule has 1 aromatic rings. The number of carbonyl (C=O) groups excluding carboxylic acids is 1. The second-order valence-electron chi connectivity index (χ2n) is 5.17. The SMILES string of the molecule is CCCC(OC)c1noc(CC2CCCCC2=O)n1. The summed E-state index contributed by atoms with van der Waals surface area (Å²) in [6, 6.07) is 0. The van der Waals surface area contributed by atoms with Gasteiger partial charge in [-0.15, -0.1) is 0 Å². The number of ketones is 1. The summed E-state index contributed by atoms with van der Waals surface area (Å²) in [5, 5.41) is 3.97. The Balaban J connectivity index is 1.98. The predicted octanol–water partition coefficient (Wildman–Crippen LogP) is 2.86. The molecule has 0 radical (unpaired) electrons. The minimum absolute atomic E-state index is 0.0641. The largest absolute Gasteiger partial charge is 0.373 e. The molecule has 5 nitrogen and oxygen atoms in total. The lowest BCUT2D eigenvalue weighted by molar-refractivity contribution is -0.124. The molecule has 1 aliphatic rings. The molecule has 0 aromatic carbocycles. The van der Waals surface area contributed by atoms with Crippen LogP contribution in [0.1, 0.15) is 63.3 Å². The minimum atomic E-state index is -0.107. The summed E-state index contributed by atoms with van der Waals surface area (Å²) >= 11 is 0. The normalized spacial score (nSPS) is 21.6. The van der Waals surface area contributed by atoms with Crippen LogP contribution < -0.4 is 0 Å². The number of hydrogen-bond donors (Lipinski definition) is 0. The quantitative estimate of drug-likeness (QED) is 0.792. The van der Waals surface area contributed by atoms with Gasteiger partial charge in [0.2, 0.25) is 11.7 Å². The van der Waals surface area contributed by atoms with E-state index >= 15 is 0 Å². The number of rotatable bonds is 6.